The number of ether oxygens (including phenoxy) is 1. The quantitative estimate of drug-likeness (QED) is 0.409. The highest BCUT2D eigenvalue weighted by atomic mass is 16.5. The summed E-state index contributed by atoms with van der Waals surface area (Å²) >= 11 is 0. The molecule has 1 heterocycles. The van der Waals surface area contributed by atoms with Crippen molar-refractivity contribution < 1.29 is 14.9 Å². The van der Waals surface area contributed by atoms with Gasteiger partial charge in [0.1, 0.15) is 23.2 Å². The van der Waals surface area contributed by atoms with E-state index in [-0.39, 0.29) is 5.75 Å². The number of hydrogen-bond donors (Lipinski definition) is 3. The second kappa shape index (κ2) is 10.3. The van der Waals surface area contributed by atoms with Crippen LogP contribution in [0.2, 0.25) is 0 Å². The van der Waals surface area contributed by atoms with Gasteiger partial charge >= 0.3 is 0 Å². The molecule has 0 fully saturated rings. The number of aromatic hydroxyl groups is 1. The van der Waals surface area contributed by atoms with Gasteiger partial charge in [0.25, 0.3) is 5.85 Å². The molecule has 0 spiro atoms. The van der Waals surface area contributed by atoms with Crippen LogP contribution in [0.1, 0.15) is 49.3 Å². The lowest BCUT2D eigenvalue weighted by molar-refractivity contribution is 0.0546. The van der Waals surface area contributed by atoms with Gasteiger partial charge in [-0.25, -0.2) is 9.98 Å². The first-order valence-corrected chi connectivity index (χ1v) is 11.4. The molecule has 0 aromatic heterocycles. The number of nitrogens with one attached hydrogen (secondary N) is 1. The minimum absolute atomic E-state index is 0.0111. The molecule has 0 aliphatic carbocycles. The molecule has 6 heteroatoms. The number of rotatable bonds is 9. The van der Waals surface area contributed by atoms with Gasteiger partial charge in [0.15, 0.2) is 0 Å². The van der Waals surface area contributed by atoms with Crippen LogP contribution in [0.4, 0.5) is 0 Å². The largest absolute Gasteiger partial charge is 0.507 e. The zero-order valence-electron chi connectivity index (χ0n) is 18.7. The highest BCUT2D eigenvalue weighted by Gasteiger charge is 2.34. The molecule has 0 saturated heterocycles. The van der Waals surface area contributed by atoms with E-state index in [1.54, 1.807) is 30.3 Å². The molecule has 3 aromatic rings. The van der Waals surface area contributed by atoms with Crippen LogP contribution in [0.15, 0.2) is 88.8 Å². The lowest BCUT2D eigenvalue weighted by Gasteiger charge is -2.28. The van der Waals surface area contributed by atoms with Crippen LogP contribution in [0.25, 0.3) is 0 Å². The van der Waals surface area contributed by atoms with Gasteiger partial charge in [0, 0.05) is 17.2 Å². The molecule has 0 radical (unpaired) electrons. The smallest absolute Gasteiger partial charge is 0.285 e. The fourth-order valence-corrected chi connectivity index (χ4v) is 3.68. The van der Waals surface area contributed by atoms with Gasteiger partial charge in [-0.15, -0.1) is 0 Å². The number of amidine groups is 2. The molecule has 0 saturated carbocycles. The lowest BCUT2D eigenvalue weighted by atomic mass is 10.1. The number of unbranched alkanes of at least 4 members (excludes halogenated alkanes) is 3. The molecule has 3 N–H and O–H groups in total. The molecule has 1 atom stereocenters. The van der Waals surface area contributed by atoms with Gasteiger partial charge in [-0.05, 0) is 18.6 Å². The molecule has 0 amide bonds. The average molecular weight is 444 g/mol. The van der Waals surface area contributed by atoms with Crippen LogP contribution in [-0.2, 0) is 5.85 Å². The SMILES string of the molecule is CCCCCCOc1ccc(C2=NC(O)(c3ccccc3)N=C(c3ccccc3)N2)c(O)c1. The van der Waals surface area contributed by atoms with Crippen molar-refractivity contribution in [3.8, 4) is 11.5 Å². The van der Waals surface area contributed by atoms with E-state index in [4.69, 9.17) is 4.74 Å². The molecule has 1 aliphatic heterocycles. The summed E-state index contributed by atoms with van der Waals surface area (Å²) in [7, 11) is 0. The van der Waals surface area contributed by atoms with Crippen molar-refractivity contribution >= 4 is 11.7 Å². The minimum Gasteiger partial charge on any atom is -0.507 e. The van der Waals surface area contributed by atoms with Crippen LogP contribution in [0.5, 0.6) is 11.5 Å². The number of benzene rings is 3. The van der Waals surface area contributed by atoms with Gasteiger partial charge in [-0.3, -0.25) is 0 Å². The Balaban J connectivity index is 1.64. The summed E-state index contributed by atoms with van der Waals surface area (Å²) in [5.74, 6) is -0.435. The molecule has 170 valence electrons. The highest BCUT2D eigenvalue weighted by Crippen LogP contribution is 2.31. The summed E-state index contributed by atoms with van der Waals surface area (Å²) in [6, 6.07) is 23.7. The number of phenolic OH excluding ortho intramolecular Hbond substituents is 1. The molecular formula is C27H29N3O3. The topological polar surface area (TPSA) is 86.4 Å². The minimum atomic E-state index is -1.83. The van der Waals surface area contributed by atoms with Crippen molar-refractivity contribution in [3.63, 3.8) is 0 Å². The summed E-state index contributed by atoms with van der Waals surface area (Å²) in [5, 5.41) is 25.4. The zero-order valence-corrected chi connectivity index (χ0v) is 18.7. The Hall–Kier alpha value is -3.64. The first kappa shape index (κ1) is 22.6. The van der Waals surface area contributed by atoms with Gasteiger partial charge in [-0.2, -0.15) is 0 Å². The fraction of sp³-hybridized carbons (Fsp3) is 0.259. The van der Waals surface area contributed by atoms with Crippen molar-refractivity contribution in [1.29, 1.82) is 0 Å². The van der Waals surface area contributed by atoms with Gasteiger partial charge < -0.3 is 20.3 Å². The summed E-state index contributed by atoms with van der Waals surface area (Å²) in [6.07, 6.45) is 4.47. The van der Waals surface area contributed by atoms with Crippen molar-refractivity contribution in [2.75, 3.05) is 6.61 Å². The summed E-state index contributed by atoms with van der Waals surface area (Å²) in [4.78, 5) is 9.00. The van der Waals surface area contributed by atoms with E-state index in [2.05, 4.69) is 22.2 Å². The maximum Gasteiger partial charge on any atom is 0.285 e. The van der Waals surface area contributed by atoms with Crippen molar-refractivity contribution in [2.24, 2.45) is 9.98 Å². The Labute approximate surface area is 194 Å². The third kappa shape index (κ3) is 5.41. The maximum atomic E-state index is 11.4. The van der Waals surface area contributed by atoms with E-state index < -0.39 is 5.85 Å². The van der Waals surface area contributed by atoms with E-state index in [1.165, 1.54) is 12.8 Å². The number of aliphatic imine (C=N–C) groups is 2. The normalized spacial score (nSPS) is 17.6. The Morgan fingerprint density at radius 1 is 0.848 bits per heavy atom. The molecule has 6 nitrogen and oxygen atoms in total. The van der Waals surface area contributed by atoms with E-state index in [0.29, 0.717) is 35.2 Å². The molecule has 1 unspecified atom stereocenters. The summed E-state index contributed by atoms with van der Waals surface area (Å²) < 4.78 is 5.78. The Kier molecular flexibility index (Phi) is 7.05. The third-order valence-electron chi connectivity index (χ3n) is 5.47. The van der Waals surface area contributed by atoms with Crippen molar-refractivity contribution in [1.82, 2.24) is 5.32 Å². The number of phenols is 1. The first-order chi connectivity index (χ1) is 16.1. The van der Waals surface area contributed by atoms with Crippen molar-refractivity contribution in [2.45, 2.75) is 38.5 Å². The second-order valence-electron chi connectivity index (χ2n) is 8.00. The predicted molar refractivity (Wildman–Crippen MR) is 131 cm³/mol. The standard InChI is InChI=1S/C27H29N3O3/c1-2-3-4-11-18-33-22-16-17-23(24(31)19-22)26-28-25(20-12-7-5-8-13-20)29-27(32,30-26)21-14-9-6-10-15-21/h5-10,12-17,19,31-32H,2-4,11,18H2,1H3,(H,28,29,30). The van der Waals surface area contributed by atoms with E-state index in [1.807, 2.05) is 48.5 Å². The molecule has 4 rings (SSSR count). The summed E-state index contributed by atoms with van der Waals surface area (Å²) in [6.45, 7) is 2.78. The van der Waals surface area contributed by atoms with Gasteiger partial charge in [0.05, 0.1) is 12.2 Å². The van der Waals surface area contributed by atoms with Gasteiger partial charge in [-0.1, -0.05) is 86.8 Å². The molecule has 1 aliphatic rings. The van der Waals surface area contributed by atoms with Crippen LogP contribution in [0.3, 0.4) is 0 Å². The zero-order chi connectivity index (χ0) is 23.1. The molecule has 3 aromatic carbocycles. The van der Waals surface area contributed by atoms with E-state index in [0.717, 1.165) is 18.4 Å². The molecule has 33 heavy (non-hydrogen) atoms. The van der Waals surface area contributed by atoms with Gasteiger partial charge in [0.2, 0.25) is 0 Å². The Bertz CT molecular complexity index is 1130. The van der Waals surface area contributed by atoms with E-state index in [9.17, 15) is 10.2 Å². The van der Waals surface area contributed by atoms with E-state index >= 15 is 0 Å². The van der Waals surface area contributed by atoms with Crippen LogP contribution >= 0.6 is 0 Å². The fourth-order valence-electron chi connectivity index (χ4n) is 3.68. The average Bonchev–Trinajstić information content (AvgIpc) is 2.85. The number of hydrogen-bond acceptors (Lipinski definition) is 6. The third-order valence-corrected chi connectivity index (χ3v) is 5.47. The first-order valence-electron chi connectivity index (χ1n) is 11.4. The monoisotopic (exact) mass is 443 g/mol. The highest BCUT2D eigenvalue weighted by molar-refractivity contribution is 6.16. The summed E-state index contributed by atoms with van der Waals surface area (Å²) in [5.41, 5.74) is 1.78. The maximum absolute atomic E-state index is 11.4. The molecule has 0 bridgehead atoms. The second-order valence-corrected chi connectivity index (χ2v) is 8.00. The van der Waals surface area contributed by atoms with Crippen LogP contribution in [-0.4, -0.2) is 28.5 Å². The van der Waals surface area contributed by atoms with Crippen molar-refractivity contribution in [3.05, 3.63) is 95.6 Å². The number of nitrogens with zero attached hydrogens (tertiary/aromatic N) is 2. The Morgan fingerprint density at radius 2 is 1.55 bits per heavy atom. The predicted octanol–water partition coefficient (Wildman–Crippen LogP) is 4.95. The molecular weight excluding hydrogens is 414 g/mol. The Morgan fingerprint density at radius 3 is 2.24 bits per heavy atom. The lowest BCUT2D eigenvalue weighted by Crippen LogP contribution is -2.41. The number of aliphatic hydroxyl groups is 1. The van der Waals surface area contributed by atoms with Crippen LogP contribution < -0.4 is 10.1 Å². The van der Waals surface area contributed by atoms with Crippen LogP contribution in [0, 0.1) is 0 Å².